The van der Waals surface area contributed by atoms with Crippen molar-refractivity contribution in [2.45, 2.75) is 39.5 Å². The van der Waals surface area contributed by atoms with Gasteiger partial charge in [0.25, 0.3) is 5.91 Å². The van der Waals surface area contributed by atoms with Gasteiger partial charge in [0.1, 0.15) is 10.1 Å². The normalized spacial score (nSPS) is 15.3. The van der Waals surface area contributed by atoms with E-state index < -0.39 is 0 Å². The predicted octanol–water partition coefficient (Wildman–Crippen LogP) is 6.06. The average Bonchev–Trinajstić information content (AvgIpc) is 3.05. The van der Waals surface area contributed by atoms with Crippen molar-refractivity contribution in [3.8, 4) is 17.2 Å². The molecule has 1 amide bonds. The molecule has 33 heavy (non-hydrogen) atoms. The highest BCUT2D eigenvalue weighted by molar-refractivity contribution is 8.26. The number of hydrogen-bond acceptors (Lipinski definition) is 6. The largest absolute Gasteiger partial charge is 0.493 e. The third-order valence-electron chi connectivity index (χ3n) is 5.21. The number of hydrogen-bond donors (Lipinski definition) is 0. The molecule has 1 saturated heterocycles. The lowest BCUT2D eigenvalue weighted by Crippen LogP contribution is -2.27. The highest BCUT2D eigenvalue weighted by Gasteiger charge is 2.30. The highest BCUT2D eigenvalue weighted by atomic mass is 32.2. The third-order valence-corrected chi connectivity index (χ3v) is 6.59. The van der Waals surface area contributed by atoms with E-state index in [1.54, 1.807) is 12.0 Å². The molecule has 0 atom stereocenters. The van der Waals surface area contributed by atoms with Crippen LogP contribution in [-0.4, -0.2) is 42.0 Å². The maximum Gasteiger partial charge on any atom is 0.266 e. The summed E-state index contributed by atoms with van der Waals surface area (Å²) < 4.78 is 17.8. The van der Waals surface area contributed by atoms with Gasteiger partial charge in [0.05, 0.1) is 25.2 Å². The Kier molecular flexibility index (Phi) is 8.43. The Hall–Kier alpha value is -2.51. The summed E-state index contributed by atoms with van der Waals surface area (Å²) in [6.45, 7) is 10.1. The minimum Gasteiger partial charge on any atom is -0.493 e. The molecule has 0 N–H and O–H groups in total. The van der Waals surface area contributed by atoms with E-state index in [1.165, 1.54) is 17.3 Å². The number of nitrogens with zero attached hydrogens (tertiary/aromatic N) is 1. The Balaban J connectivity index is 1.52. The molecule has 2 aromatic rings. The van der Waals surface area contributed by atoms with Crippen molar-refractivity contribution < 1.29 is 19.0 Å². The SMILES string of the molecule is CCN1C(=O)/C(=C\c2ccc(OCCCOc3ccc(C(C)(C)C)cc3)c(OC)c2)SC1=S. The fourth-order valence-corrected chi connectivity index (χ4v) is 4.68. The van der Waals surface area contributed by atoms with Gasteiger partial charge in [-0.3, -0.25) is 9.69 Å². The van der Waals surface area contributed by atoms with Crippen LogP contribution in [0.3, 0.4) is 0 Å². The van der Waals surface area contributed by atoms with Crippen LogP contribution >= 0.6 is 24.0 Å². The van der Waals surface area contributed by atoms with E-state index in [9.17, 15) is 4.79 Å². The predicted molar refractivity (Wildman–Crippen MR) is 139 cm³/mol. The first-order valence-electron chi connectivity index (χ1n) is 11.0. The Bertz CT molecular complexity index is 1030. The minimum atomic E-state index is -0.0557. The second kappa shape index (κ2) is 11.1. The molecule has 5 nitrogen and oxygen atoms in total. The molecule has 7 heteroatoms. The lowest BCUT2D eigenvalue weighted by Gasteiger charge is -2.19. The molecule has 0 spiro atoms. The van der Waals surface area contributed by atoms with Crippen LogP contribution in [-0.2, 0) is 10.2 Å². The average molecular weight is 486 g/mol. The first-order chi connectivity index (χ1) is 15.7. The number of benzene rings is 2. The smallest absolute Gasteiger partial charge is 0.266 e. The van der Waals surface area contributed by atoms with Gasteiger partial charge in [0.2, 0.25) is 0 Å². The lowest BCUT2D eigenvalue weighted by molar-refractivity contribution is -0.121. The Labute approximate surface area is 206 Å². The van der Waals surface area contributed by atoms with Gasteiger partial charge >= 0.3 is 0 Å². The molecular formula is C26H31NO4S2. The van der Waals surface area contributed by atoms with Crippen molar-refractivity contribution in [1.82, 2.24) is 4.90 Å². The molecule has 2 aromatic carbocycles. The minimum absolute atomic E-state index is 0.0557. The zero-order valence-corrected chi connectivity index (χ0v) is 21.5. The van der Waals surface area contributed by atoms with Gasteiger partial charge in [-0.25, -0.2) is 0 Å². The van der Waals surface area contributed by atoms with Crippen LogP contribution < -0.4 is 14.2 Å². The molecule has 1 aliphatic heterocycles. The molecular weight excluding hydrogens is 454 g/mol. The van der Waals surface area contributed by atoms with Gasteiger partial charge < -0.3 is 14.2 Å². The van der Waals surface area contributed by atoms with Crippen molar-refractivity contribution in [2.75, 3.05) is 26.9 Å². The molecule has 0 aromatic heterocycles. The van der Waals surface area contributed by atoms with E-state index in [-0.39, 0.29) is 11.3 Å². The summed E-state index contributed by atoms with van der Waals surface area (Å²) in [5.41, 5.74) is 2.27. The van der Waals surface area contributed by atoms with Crippen LogP contribution in [0.4, 0.5) is 0 Å². The zero-order valence-electron chi connectivity index (χ0n) is 19.8. The molecule has 1 fully saturated rings. The number of carbonyl (C=O) groups excluding carboxylic acids is 1. The number of carbonyl (C=O) groups is 1. The molecule has 0 radical (unpaired) electrons. The van der Waals surface area contributed by atoms with Crippen LogP contribution in [0.15, 0.2) is 47.4 Å². The molecule has 0 saturated carbocycles. The standard InChI is InChI=1S/C26H31NO4S2/c1-6-27-24(28)23(33-25(27)32)17-18-8-13-21(22(16-18)29-5)31-15-7-14-30-20-11-9-19(10-12-20)26(2,3)4/h8-13,16-17H,6-7,14-15H2,1-5H3/b23-17+. The van der Waals surface area contributed by atoms with Crippen molar-refractivity contribution in [3.05, 3.63) is 58.5 Å². The molecule has 3 rings (SSSR count). The number of amides is 1. The van der Waals surface area contributed by atoms with Gasteiger partial charge in [-0.15, -0.1) is 0 Å². The molecule has 1 aliphatic rings. The quantitative estimate of drug-likeness (QED) is 0.244. The summed E-state index contributed by atoms with van der Waals surface area (Å²) in [5.74, 6) is 2.08. The lowest BCUT2D eigenvalue weighted by atomic mass is 9.87. The van der Waals surface area contributed by atoms with E-state index in [2.05, 4.69) is 32.9 Å². The summed E-state index contributed by atoms with van der Waals surface area (Å²) in [6, 6.07) is 13.9. The summed E-state index contributed by atoms with van der Waals surface area (Å²) >= 11 is 6.59. The van der Waals surface area contributed by atoms with Crippen molar-refractivity contribution in [2.24, 2.45) is 0 Å². The molecule has 0 bridgehead atoms. The Morgan fingerprint density at radius 3 is 2.33 bits per heavy atom. The van der Waals surface area contributed by atoms with E-state index >= 15 is 0 Å². The Morgan fingerprint density at radius 2 is 1.73 bits per heavy atom. The first kappa shape index (κ1) is 25.1. The number of thiocarbonyl (C=S) groups is 1. The van der Waals surface area contributed by atoms with E-state index in [0.717, 1.165) is 17.7 Å². The van der Waals surface area contributed by atoms with Gasteiger partial charge in [-0.2, -0.15) is 0 Å². The number of likely N-dealkylation sites (N-methyl/N-ethyl adjacent to an activating group) is 1. The van der Waals surface area contributed by atoms with Crippen LogP contribution in [0.25, 0.3) is 6.08 Å². The number of rotatable bonds is 9. The van der Waals surface area contributed by atoms with E-state index in [4.69, 9.17) is 26.4 Å². The maximum atomic E-state index is 12.4. The van der Waals surface area contributed by atoms with Gasteiger partial charge in [0.15, 0.2) is 11.5 Å². The van der Waals surface area contributed by atoms with Crippen LogP contribution in [0.2, 0.25) is 0 Å². The van der Waals surface area contributed by atoms with E-state index in [0.29, 0.717) is 40.5 Å². The highest BCUT2D eigenvalue weighted by Crippen LogP contribution is 2.34. The summed E-state index contributed by atoms with van der Waals surface area (Å²) in [5, 5.41) is 0. The summed E-state index contributed by atoms with van der Waals surface area (Å²) in [4.78, 5) is 14.6. The fourth-order valence-electron chi connectivity index (χ4n) is 3.30. The van der Waals surface area contributed by atoms with Crippen molar-refractivity contribution in [1.29, 1.82) is 0 Å². The van der Waals surface area contributed by atoms with Crippen LogP contribution in [0, 0.1) is 0 Å². The van der Waals surface area contributed by atoms with E-state index in [1.807, 2.05) is 43.3 Å². The zero-order chi connectivity index (χ0) is 24.0. The van der Waals surface area contributed by atoms with Gasteiger partial charge in [-0.05, 0) is 53.8 Å². The number of thioether (sulfide) groups is 1. The molecule has 176 valence electrons. The topological polar surface area (TPSA) is 48.0 Å². The molecule has 0 unspecified atom stereocenters. The summed E-state index contributed by atoms with van der Waals surface area (Å²) in [7, 11) is 1.60. The first-order valence-corrected chi connectivity index (χ1v) is 12.2. The van der Waals surface area contributed by atoms with Crippen molar-refractivity contribution in [3.63, 3.8) is 0 Å². The van der Waals surface area contributed by atoms with Crippen LogP contribution in [0.5, 0.6) is 17.2 Å². The molecule has 1 heterocycles. The Morgan fingerprint density at radius 1 is 1.03 bits per heavy atom. The second-order valence-electron chi connectivity index (χ2n) is 8.66. The number of methoxy groups -OCH3 is 1. The third kappa shape index (κ3) is 6.51. The number of ether oxygens (including phenoxy) is 3. The van der Waals surface area contributed by atoms with Crippen molar-refractivity contribution >= 4 is 40.3 Å². The van der Waals surface area contributed by atoms with Gasteiger partial charge in [0, 0.05) is 13.0 Å². The monoisotopic (exact) mass is 485 g/mol. The van der Waals surface area contributed by atoms with Gasteiger partial charge in [-0.1, -0.05) is 63.0 Å². The fraction of sp³-hybridized carbons (Fsp3) is 0.385. The van der Waals surface area contributed by atoms with Crippen LogP contribution in [0.1, 0.15) is 45.2 Å². The maximum absolute atomic E-state index is 12.4. The second-order valence-corrected chi connectivity index (χ2v) is 10.3. The molecule has 0 aliphatic carbocycles. The summed E-state index contributed by atoms with van der Waals surface area (Å²) in [6.07, 6.45) is 2.57.